The fourth-order valence-corrected chi connectivity index (χ4v) is 3.53. The van der Waals surface area contributed by atoms with Gasteiger partial charge in [0.1, 0.15) is 5.76 Å². The number of piperidine rings is 1. The zero-order valence-corrected chi connectivity index (χ0v) is 14.9. The van der Waals surface area contributed by atoms with Gasteiger partial charge in [-0.1, -0.05) is 6.42 Å². The molecular weight excluding hydrogens is 320 g/mol. The number of rotatable bonds is 6. The Kier molecular flexibility index (Phi) is 6.09. The van der Waals surface area contributed by atoms with Gasteiger partial charge in [-0.2, -0.15) is 0 Å². The van der Waals surface area contributed by atoms with E-state index in [4.69, 9.17) is 4.42 Å². The molecule has 2 saturated heterocycles. The number of likely N-dealkylation sites (tertiary alicyclic amines) is 1. The van der Waals surface area contributed by atoms with E-state index in [0.717, 1.165) is 25.4 Å². The largest absolute Gasteiger partial charge is 0.468 e. The number of nitrogens with zero attached hydrogens (tertiary/aromatic N) is 3. The van der Waals surface area contributed by atoms with Gasteiger partial charge in [-0.15, -0.1) is 0 Å². The van der Waals surface area contributed by atoms with Crippen molar-refractivity contribution < 1.29 is 14.0 Å². The highest BCUT2D eigenvalue weighted by atomic mass is 16.3. The number of furan rings is 1. The molecular formula is C18H28N4O3. The van der Waals surface area contributed by atoms with Crippen molar-refractivity contribution in [2.24, 2.45) is 0 Å². The molecule has 0 saturated carbocycles. The predicted molar refractivity (Wildman–Crippen MR) is 94.0 cm³/mol. The molecule has 1 aromatic rings. The molecule has 2 aliphatic rings. The molecule has 1 N–H and O–H groups in total. The van der Waals surface area contributed by atoms with Crippen LogP contribution in [0.4, 0.5) is 0 Å². The molecule has 2 fully saturated rings. The Bertz CT molecular complexity index is 569. The van der Waals surface area contributed by atoms with E-state index in [1.807, 2.05) is 17.0 Å². The molecule has 1 atom stereocenters. The van der Waals surface area contributed by atoms with Crippen LogP contribution in [0.5, 0.6) is 0 Å². The van der Waals surface area contributed by atoms with Gasteiger partial charge < -0.3 is 14.6 Å². The number of likely N-dealkylation sites (N-methyl/N-ethyl adjacent to an activating group) is 1. The maximum atomic E-state index is 12.3. The summed E-state index contributed by atoms with van der Waals surface area (Å²) >= 11 is 0. The van der Waals surface area contributed by atoms with Crippen molar-refractivity contribution in [1.82, 2.24) is 20.0 Å². The van der Waals surface area contributed by atoms with Crippen LogP contribution in [0.3, 0.4) is 0 Å². The summed E-state index contributed by atoms with van der Waals surface area (Å²) in [5.41, 5.74) is 0. The standard InChI is InChI=1S/C18H28N4O3/c1-20-9-10-21(14-18(20)24)13-17(23)19-12-15(16-6-5-11-25-16)22-7-3-2-4-8-22/h5-6,11,15H,2-4,7-10,12-14H2,1H3,(H,19,23). The second-order valence-corrected chi connectivity index (χ2v) is 6.96. The summed E-state index contributed by atoms with van der Waals surface area (Å²) < 4.78 is 5.60. The molecule has 138 valence electrons. The monoisotopic (exact) mass is 348 g/mol. The first-order valence-corrected chi connectivity index (χ1v) is 9.14. The fraction of sp³-hybridized carbons (Fsp3) is 0.667. The van der Waals surface area contributed by atoms with Gasteiger partial charge in [0.15, 0.2) is 0 Å². The van der Waals surface area contributed by atoms with Gasteiger partial charge in [0.05, 0.1) is 25.4 Å². The Hall–Kier alpha value is -1.86. The summed E-state index contributed by atoms with van der Waals surface area (Å²) in [4.78, 5) is 30.1. The van der Waals surface area contributed by atoms with Crippen molar-refractivity contribution in [3.05, 3.63) is 24.2 Å². The van der Waals surface area contributed by atoms with Crippen molar-refractivity contribution in [2.45, 2.75) is 25.3 Å². The number of hydrogen-bond acceptors (Lipinski definition) is 5. The van der Waals surface area contributed by atoms with E-state index in [2.05, 4.69) is 10.2 Å². The third kappa shape index (κ3) is 4.83. The van der Waals surface area contributed by atoms with E-state index in [1.165, 1.54) is 19.3 Å². The molecule has 25 heavy (non-hydrogen) atoms. The maximum Gasteiger partial charge on any atom is 0.236 e. The highest BCUT2D eigenvalue weighted by Crippen LogP contribution is 2.24. The molecule has 0 aliphatic carbocycles. The predicted octanol–water partition coefficient (Wildman–Crippen LogP) is 0.697. The summed E-state index contributed by atoms with van der Waals surface area (Å²) in [5.74, 6) is 0.934. The van der Waals surface area contributed by atoms with Crippen LogP contribution in [0.25, 0.3) is 0 Å². The minimum Gasteiger partial charge on any atom is -0.468 e. The Morgan fingerprint density at radius 2 is 2.04 bits per heavy atom. The molecule has 7 heteroatoms. The lowest BCUT2D eigenvalue weighted by atomic mass is 10.1. The zero-order chi connectivity index (χ0) is 17.6. The topological polar surface area (TPSA) is 69.0 Å². The Morgan fingerprint density at radius 3 is 2.72 bits per heavy atom. The van der Waals surface area contributed by atoms with Crippen molar-refractivity contribution in [3.8, 4) is 0 Å². The number of nitrogens with one attached hydrogen (secondary N) is 1. The van der Waals surface area contributed by atoms with Crippen LogP contribution in [0.1, 0.15) is 31.1 Å². The minimum atomic E-state index is -0.0362. The molecule has 0 bridgehead atoms. The van der Waals surface area contributed by atoms with Gasteiger partial charge >= 0.3 is 0 Å². The second kappa shape index (κ2) is 8.49. The van der Waals surface area contributed by atoms with Gasteiger partial charge in [-0.05, 0) is 38.1 Å². The van der Waals surface area contributed by atoms with E-state index in [-0.39, 0.29) is 24.4 Å². The highest BCUT2D eigenvalue weighted by molar-refractivity contribution is 5.81. The van der Waals surface area contributed by atoms with Crippen molar-refractivity contribution in [1.29, 1.82) is 0 Å². The van der Waals surface area contributed by atoms with Crippen molar-refractivity contribution in [3.63, 3.8) is 0 Å². The first-order valence-electron chi connectivity index (χ1n) is 9.14. The normalized spacial score (nSPS) is 21.3. The Labute approximate surface area is 148 Å². The van der Waals surface area contributed by atoms with E-state index in [9.17, 15) is 9.59 Å². The average Bonchev–Trinajstić information content (AvgIpc) is 3.14. The lowest BCUT2D eigenvalue weighted by Gasteiger charge is -2.34. The van der Waals surface area contributed by atoms with Gasteiger partial charge in [0.2, 0.25) is 11.8 Å². The van der Waals surface area contributed by atoms with Crippen LogP contribution >= 0.6 is 0 Å². The SMILES string of the molecule is CN1CCN(CC(=O)NCC(c2ccco2)N2CCCCC2)CC1=O. The Morgan fingerprint density at radius 1 is 1.24 bits per heavy atom. The van der Waals surface area contributed by atoms with Crippen molar-refractivity contribution >= 4 is 11.8 Å². The third-order valence-corrected chi connectivity index (χ3v) is 5.10. The van der Waals surface area contributed by atoms with E-state index in [0.29, 0.717) is 19.6 Å². The van der Waals surface area contributed by atoms with E-state index < -0.39 is 0 Å². The second-order valence-electron chi connectivity index (χ2n) is 6.96. The fourth-order valence-electron chi connectivity index (χ4n) is 3.53. The lowest BCUT2D eigenvalue weighted by Crippen LogP contribution is -2.51. The Balaban J connectivity index is 1.52. The lowest BCUT2D eigenvalue weighted by molar-refractivity contribution is -0.135. The number of amides is 2. The molecule has 0 radical (unpaired) electrons. The average molecular weight is 348 g/mol. The highest BCUT2D eigenvalue weighted by Gasteiger charge is 2.26. The van der Waals surface area contributed by atoms with Gasteiger partial charge in [0, 0.05) is 26.7 Å². The quantitative estimate of drug-likeness (QED) is 0.819. The molecule has 0 aromatic carbocycles. The minimum absolute atomic E-state index is 0.0362. The molecule has 3 heterocycles. The molecule has 0 spiro atoms. The van der Waals surface area contributed by atoms with Crippen LogP contribution in [0.15, 0.2) is 22.8 Å². The van der Waals surface area contributed by atoms with E-state index >= 15 is 0 Å². The van der Waals surface area contributed by atoms with Gasteiger partial charge in [-0.3, -0.25) is 19.4 Å². The first kappa shape index (κ1) is 17.9. The first-order chi connectivity index (χ1) is 12.1. The van der Waals surface area contributed by atoms with Gasteiger partial charge in [-0.25, -0.2) is 0 Å². The van der Waals surface area contributed by atoms with Crippen molar-refractivity contribution in [2.75, 3.05) is 52.9 Å². The summed E-state index contributed by atoms with van der Waals surface area (Å²) in [5, 5.41) is 3.03. The van der Waals surface area contributed by atoms with Crippen LogP contribution in [-0.2, 0) is 9.59 Å². The summed E-state index contributed by atoms with van der Waals surface area (Å²) in [6.45, 7) is 4.61. The van der Waals surface area contributed by atoms with E-state index in [1.54, 1.807) is 18.2 Å². The number of carbonyl (C=O) groups excluding carboxylic acids is 2. The maximum absolute atomic E-state index is 12.3. The zero-order valence-electron chi connectivity index (χ0n) is 14.9. The van der Waals surface area contributed by atoms with Crippen LogP contribution in [-0.4, -0.2) is 79.4 Å². The molecule has 3 rings (SSSR count). The molecule has 2 aliphatic heterocycles. The van der Waals surface area contributed by atoms with Crippen LogP contribution in [0, 0.1) is 0 Å². The molecule has 1 unspecified atom stereocenters. The third-order valence-electron chi connectivity index (χ3n) is 5.10. The van der Waals surface area contributed by atoms with Gasteiger partial charge in [0.25, 0.3) is 0 Å². The molecule has 7 nitrogen and oxygen atoms in total. The number of piperazine rings is 1. The molecule has 1 aromatic heterocycles. The summed E-state index contributed by atoms with van der Waals surface area (Å²) in [6.07, 6.45) is 5.33. The van der Waals surface area contributed by atoms with Crippen LogP contribution in [0.2, 0.25) is 0 Å². The number of hydrogen-bond donors (Lipinski definition) is 1. The smallest absolute Gasteiger partial charge is 0.236 e. The summed E-state index contributed by atoms with van der Waals surface area (Å²) in [6, 6.07) is 3.95. The molecule has 2 amide bonds. The van der Waals surface area contributed by atoms with Crippen LogP contribution < -0.4 is 5.32 Å². The number of carbonyl (C=O) groups is 2. The summed E-state index contributed by atoms with van der Waals surface area (Å²) in [7, 11) is 1.80.